The standard InChI is InChI=1S/C32H44O8/c1-7-22(2)18-26(33)39-28-27(40-31(34)32(3,4)5)25(21-36-19-23-14-10-8-11-15-23)38-30(35-6)29(28)37-20-24-16-12-9-13-17-24/h8-17,22,25,27-30H,7,18-21H2,1-6H3/t22-,25+,27-,28-,29+,30-/m0/s1. The number of benzene rings is 2. The largest absolute Gasteiger partial charge is 0.455 e. The molecule has 0 aliphatic carbocycles. The second-order valence-electron chi connectivity index (χ2n) is 11.3. The Morgan fingerprint density at radius 3 is 2.02 bits per heavy atom. The fourth-order valence-electron chi connectivity index (χ4n) is 4.22. The highest BCUT2D eigenvalue weighted by atomic mass is 16.7. The first-order valence-electron chi connectivity index (χ1n) is 14.0. The second kappa shape index (κ2) is 15.3. The molecule has 8 nitrogen and oxygen atoms in total. The summed E-state index contributed by atoms with van der Waals surface area (Å²) in [4.78, 5) is 26.2. The Morgan fingerprint density at radius 1 is 0.875 bits per heavy atom. The molecular formula is C32H44O8. The van der Waals surface area contributed by atoms with Crippen LogP contribution in [0.5, 0.6) is 0 Å². The van der Waals surface area contributed by atoms with Gasteiger partial charge in [0.25, 0.3) is 0 Å². The first kappa shape index (κ1) is 31.7. The third-order valence-corrected chi connectivity index (χ3v) is 6.84. The van der Waals surface area contributed by atoms with Crippen LogP contribution in [0.3, 0.4) is 0 Å². The lowest BCUT2D eigenvalue weighted by Gasteiger charge is -2.45. The molecule has 1 saturated heterocycles. The Hall–Kier alpha value is -2.78. The molecule has 3 rings (SSSR count). The van der Waals surface area contributed by atoms with Crippen LogP contribution in [-0.2, 0) is 51.2 Å². The fraction of sp³-hybridized carbons (Fsp3) is 0.562. The van der Waals surface area contributed by atoms with Crippen molar-refractivity contribution in [3.05, 3.63) is 71.8 Å². The number of esters is 2. The van der Waals surface area contributed by atoms with Gasteiger partial charge in [0.1, 0.15) is 12.2 Å². The van der Waals surface area contributed by atoms with E-state index >= 15 is 0 Å². The molecule has 40 heavy (non-hydrogen) atoms. The van der Waals surface area contributed by atoms with Crippen LogP contribution in [0.2, 0.25) is 0 Å². The number of ether oxygens (including phenoxy) is 6. The van der Waals surface area contributed by atoms with E-state index in [1.165, 1.54) is 7.11 Å². The molecule has 6 atom stereocenters. The number of hydrogen-bond acceptors (Lipinski definition) is 8. The molecule has 1 aliphatic heterocycles. The van der Waals surface area contributed by atoms with Gasteiger partial charge in [-0.2, -0.15) is 0 Å². The Kier molecular flexibility index (Phi) is 12.1. The Labute approximate surface area is 238 Å². The maximum atomic E-state index is 13.1. The van der Waals surface area contributed by atoms with Crippen molar-refractivity contribution < 1.29 is 38.0 Å². The van der Waals surface area contributed by atoms with Crippen molar-refractivity contribution in [2.75, 3.05) is 13.7 Å². The number of carbonyl (C=O) groups excluding carboxylic acids is 2. The predicted molar refractivity (Wildman–Crippen MR) is 150 cm³/mol. The van der Waals surface area contributed by atoms with Crippen LogP contribution < -0.4 is 0 Å². The van der Waals surface area contributed by atoms with E-state index in [1.807, 2.05) is 74.5 Å². The first-order valence-corrected chi connectivity index (χ1v) is 14.0. The highest BCUT2D eigenvalue weighted by Crippen LogP contribution is 2.32. The highest BCUT2D eigenvalue weighted by Gasteiger charge is 2.52. The zero-order valence-electron chi connectivity index (χ0n) is 24.5. The van der Waals surface area contributed by atoms with Gasteiger partial charge in [-0.05, 0) is 37.8 Å². The maximum Gasteiger partial charge on any atom is 0.311 e. The predicted octanol–water partition coefficient (Wildman–Crippen LogP) is 5.47. The molecule has 8 heteroatoms. The van der Waals surface area contributed by atoms with E-state index < -0.39 is 48.1 Å². The summed E-state index contributed by atoms with van der Waals surface area (Å²) < 4.78 is 36.3. The zero-order chi connectivity index (χ0) is 29.1. The SMILES string of the molecule is CC[C@H](C)CC(=O)O[C@H]1[C@@H](OC(=O)C(C)(C)C)[C@@H](COCc2ccccc2)O[C@H](OC)[C@@H]1OCc1ccccc1. The molecular weight excluding hydrogens is 512 g/mol. The highest BCUT2D eigenvalue weighted by molar-refractivity contribution is 5.75. The Bertz CT molecular complexity index is 1040. The second-order valence-corrected chi connectivity index (χ2v) is 11.3. The molecule has 1 heterocycles. The summed E-state index contributed by atoms with van der Waals surface area (Å²) in [6.07, 6.45) is -3.40. The van der Waals surface area contributed by atoms with Crippen LogP contribution in [0.15, 0.2) is 60.7 Å². The number of methoxy groups -OCH3 is 1. The average molecular weight is 557 g/mol. The molecule has 1 aliphatic rings. The van der Waals surface area contributed by atoms with Gasteiger partial charge in [-0.15, -0.1) is 0 Å². The van der Waals surface area contributed by atoms with Gasteiger partial charge in [-0.25, -0.2) is 0 Å². The minimum absolute atomic E-state index is 0.0850. The van der Waals surface area contributed by atoms with Gasteiger partial charge < -0.3 is 28.4 Å². The Balaban J connectivity index is 1.90. The minimum atomic E-state index is -0.976. The molecule has 0 unspecified atom stereocenters. The van der Waals surface area contributed by atoms with Crippen LogP contribution in [0.4, 0.5) is 0 Å². The molecule has 0 saturated carbocycles. The van der Waals surface area contributed by atoms with Crippen molar-refractivity contribution in [3.63, 3.8) is 0 Å². The van der Waals surface area contributed by atoms with Crippen LogP contribution >= 0.6 is 0 Å². The minimum Gasteiger partial charge on any atom is -0.455 e. The van der Waals surface area contributed by atoms with E-state index in [1.54, 1.807) is 20.8 Å². The molecule has 0 bridgehead atoms. The summed E-state index contributed by atoms with van der Waals surface area (Å²) in [6, 6.07) is 19.4. The lowest BCUT2D eigenvalue weighted by atomic mass is 9.95. The van der Waals surface area contributed by atoms with Crippen molar-refractivity contribution >= 4 is 11.9 Å². The molecule has 0 aromatic heterocycles. The molecule has 2 aromatic carbocycles. The van der Waals surface area contributed by atoms with Crippen molar-refractivity contribution in [3.8, 4) is 0 Å². The molecule has 220 valence electrons. The first-order chi connectivity index (χ1) is 19.1. The Morgan fingerprint density at radius 2 is 1.48 bits per heavy atom. The summed E-state index contributed by atoms with van der Waals surface area (Å²) >= 11 is 0. The van der Waals surface area contributed by atoms with Crippen molar-refractivity contribution in [1.29, 1.82) is 0 Å². The van der Waals surface area contributed by atoms with Gasteiger partial charge in [0.05, 0.1) is 25.2 Å². The quantitative estimate of drug-likeness (QED) is 0.300. The van der Waals surface area contributed by atoms with E-state index in [2.05, 4.69) is 0 Å². The van der Waals surface area contributed by atoms with E-state index in [0.29, 0.717) is 6.61 Å². The van der Waals surface area contributed by atoms with Crippen molar-refractivity contribution in [2.45, 2.75) is 91.4 Å². The number of hydrogen-bond donors (Lipinski definition) is 0. The normalized spacial score (nSPS) is 23.8. The summed E-state index contributed by atoms with van der Waals surface area (Å²) in [7, 11) is 1.50. The van der Waals surface area contributed by atoms with Crippen LogP contribution in [0, 0.1) is 11.3 Å². The molecule has 0 spiro atoms. The lowest BCUT2D eigenvalue weighted by Crippen LogP contribution is -2.62. The van der Waals surface area contributed by atoms with Crippen molar-refractivity contribution in [1.82, 2.24) is 0 Å². The van der Waals surface area contributed by atoms with Crippen LogP contribution in [-0.4, -0.2) is 56.4 Å². The van der Waals surface area contributed by atoms with Gasteiger partial charge in [-0.1, -0.05) is 80.9 Å². The van der Waals surface area contributed by atoms with Crippen LogP contribution in [0.1, 0.15) is 58.6 Å². The van der Waals surface area contributed by atoms with Gasteiger partial charge >= 0.3 is 11.9 Å². The number of rotatable bonds is 13. The van der Waals surface area contributed by atoms with Crippen molar-refractivity contribution in [2.24, 2.45) is 11.3 Å². The summed E-state index contributed by atoms with van der Waals surface area (Å²) in [5.41, 5.74) is 1.13. The molecule has 1 fully saturated rings. The molecule has 2 aromatic rings. The van der Waals surface area contributed by atoms with E-state index in [4.69, 9.17) is 28.4 Å². The maximum absolute atomic E-state index is 13.1. The zero-order valence-corrected chi connectivity index (χ0v) is 24.5. The monoisotopic (exact) mass is 556 g/mol. The number of carbonyl (C=O) groups is 2. The van der Waals surface area contributed by atoms with Gasteiger partial charge in [0.15, 0.2) is 18.5 Å². The van der Waals surface area contributed by atoms with Crippen LogP contribution in [0.25, 0.3) is 0 Å². The van der Waals surface area contributed by atoms with Gasteiger partial charge in [-0.3, -0.25) is 9.59 Å². The molecule has 0 amide bonds. The van der Waals surface area contributed by atoms with Gasteiger partial charge in [0.2, 0.25) is 0 Å². The van der Waals surface area contributed by atoms with E-state index in [0.717, 1.165) is 17.5 Å². The van der Waals surface area contributed by atoms with Gasteiger partial charge in [0, 0.05) is 13.5 Å². The van der Waals surface area contributed by atoms with E-state index in [-0.39, 0.29) is 25.6 Å². The summed E-state index contributed by atoms with van der Waals surface area (Å²) in [6.45, 7) is 9.97. The summed E-state index contributed by atoms with van der Waals surface area (Å²) in [5, 5.41) is 0. The molecule has 0 radical (unpaired) electrons. The average Bonchev–Trinajstić information content (AvgIpc) is 2.94. The topological polar surface area (TPSA) is 89.5 Å². The summed E-state index contributed by atoms with van der Waals surface area (Å²) in [5.74, 6) is -0.713. The smallest absolute Gasteiger partial charge is 0.311 e. The molecule has 0 N–H and O–H groups in total. The lowest BCUT2D eigenvalue weighted by molar-refractivity contribution is -0.312. The third-order valence-electron chi connectivity index (χ3n) is 6.84. The fourth-order valence-corrected chi connectivity index (χ4v) is 4.22. The third kappa shape index (κ3) is 9.41. The van der Waals surface area contributed by atoms with E-state index in [9.17, 15) is 9.59 Å².